The van der Waals surface area contributed by atoms with Crippen LogP contribution in [0.15, 0.2) is 72.8 Å². The molecule has 0 heterocycles. The molecule has 3 aromatic carbocycles. The number of aromatic carboxylic acids is 1. The standard InChI is InChI=1S/C30H30N2O3/c33-28(22-4-3-5-25(15-22)31-27-7-2-1-6-26(27)29(34)35)32-24-10-8-23(9-11-24)30-16-19-12-20(17-30)14-21(13-19)18-30/h1-11,15,19-21,31H,12-14,16-18H2,(H,32,33)(H,34,35). The van der Waals surface area contributed by atoms with E-state index < -0.39 is 5.97 Å². The van der Waals surface area contributed by atoms with E-state index in [1.54, 1.807) is 42.5 Å². The van der Waals surface area contributed by atoms with Gasteiger partial charge in [0, 0.05) is 16.9 Å². The van der Waals surface area contributed by atoms with Crippen molar-refractivity contribution in [1.82, 2.24) is 0 Å². The second-order valence-electron chi connectivity index (χ2n) is 10.8. The smallest absolute Gasteiger partial charge is 0.337 e. The predicted octanol–water partition coefficient (Wildman–Crippen LogP) is 6.85. The first kappa shape index (κ1) is 21.9. The number of hydrogen-bond donors (Lipinski definition) is 3. The number of carboxylic acid groups (broad SMARTS) is 1. The number of anilines is 3. The lowest BCUT2D eigenvalue weighted by atomic mass is 9.48. The fraction of sp³-hybridized carbons (Fsp3) is 0.333. The first-order valence-corrected chi connectivity index (χ1v) is 12.6. The largest absolute Gasteiger partial charge is 0.478 e. The highest BCUT2D eigenvalue weighted by Crippen LogP contribution is 2.60. The van der Waals surface area contributed by atoms with Gasteiger partial charge in [-0.25, -0.2) is 4.79 Å². The van der Waals surface area contributed by atoms with Crippen molar-refractivity contribution in [2.75, 3.05) is 10.6 Å². The molecule has 3 aromatic rings. The quantitative estimate of drug-likeness (QED) is 0.371. The lowest BCUT2D eigenvalue weighted by molar-refractivity contribution is -0.00518. The molecule has 1 amide bonds. The van der Waals surface area contributed by atoms with Crippen LogP contribution in [-0.2, 0) is 5.41 Å². The summed E-state index contributed by atoms with van der Waals surface area (Å²) in [5.41, 5.74) is 4.41. The molecule has 0 radical (unpaired) electrons. The number of rotatable bonds is 6. The van der Waals surface area contributed by atoms with Crippen LogP contribution in [0.25, 0.3) is 0 Å². The molecule has 0 unspecified atom stereocenters. The van der Waals surface area contributed by atoms with E-state index in [0.29, 0.717) is 22.4 Å². The van der Waals surface area contributed by atoms with Crippen molar-refractivity contribution in [3.8, 4) is 0 Å². The maximum atomic E-state index is 13.0. The Hall–Kier alpha value is -3.60. The van der Waals surface area contributed by atoms with Crippen molar-refractivity contribution in [3.05, 3.63) is 89.5 Å². The van der Waals surface area contributed by atoms with Gasteiger partial charge in [-0.2, -0.15) is 0 Å². The van der Waals surface area contributed by atoms with E-state index in [0.717, 1.165) is 23.4 Å². The molecule has 5 nitrogen and oxygen atoms in total. The summed E-state index contributed by atoms with van der Waals surface area (Å²) in [6, 6.07) is 22.3. The number of benzene rings is 3. The highest BCUT2D eigenvalue weighted by Gasteiger charge is 2.51. The van der Waals surface area contributed by atoms with Crippen LogP contribution in [0.1, 0.15) is 64.8 Å². The molecule has 3 N–H and O–H groups in total. The second kappa shape index (κ2) is 8.56. The fourth-order valence-electron chi connectivity index (χ4n) is 7.25. The van der Waals surface area contributed by atoms with Crippen LogP contribution in [0.5, 0.6) is 0 Å². The van der Waals surface area contributed by atoms with Gasteiger partial charge in [0.1, 0.15) is 0 Å². The zero-order valence-corrected chi connectivity index (χ0v) is 19.7. The maximum Gasteiger partial charge on any atom is 0.337 e. The van der Waals surface area contributed by atoms with Crippen LogP contribution < -0.4 is 10.6 Å². The molecule has 0 aromatic heterocycles. The van der Waals surface area contributed by atoms with Gasteiger partial charge < -0.3 is 15.7 Å². The molecular formula is C30H30N2O3. The van der Waals surface area contributed by atoms with Gasteiger partial charge in [0.05, 0.1) is 11.3 Å². The SMILES string of the molecule is O=C(Nc1ccc(C23CC4CC(CC(C4)C2)C3)cc1)c1cccc(Nc2ccccc2C(=O)O)c1. The number of amides is 1. The number of carbonyl (C=O) groups is 2. The summed E-state index contributed by atoms with van der Waals surface area (Å²) in [4.78, 5) is 24.5. The Morgan fingerprint density at radius 3 is 2.09 bits per heavy atom. The summed E-state index contributed by atoms with van der Waals surface area (Å²) in [6.07, 6.45) is 8.29. The van der Waals surface area contributed by atoms with Crippen LogP contribution in [0.2, 0.25) is 0 Å². The van der Waals surface area contributed by atoms with Gasteiger partial charge in [0.25, 0.3) is 5.91 Å². The third-order valence-electron chi connectivity index (χ3n) is 8.35. The lowest BCUT2D eigenvalue weighted by Crippen LogP contribution is -2.48. The van der Waals surface area contributed by atoms with Crippen LogP contribution >= 0.6 is 0 Å². The van der Waals surface area contributed by atoms with E-state index >= 15 is 0 Å². The molecule has 4 bridgehead atoms. The van der Waals surface area contributed by atoms with E-state index in [-0.39, 0.29) is 11.5 Å². The minimum atomic E-state index is -1.00. The molecular weight excluding hydrogens is 436 g/mol. The molecule has 5 heteroatoms. The van der Waals surface area contributed by atoms with E-state index in [4.69, 9.17) is 0 Å². The Labute approximate surface area is 205 Å². The van der Waals surface area contributed by atoms with Crippen molar-refractivity contribution in [3.63, 3.8) is 0 Å². The Kier molecular flexibility index (Phi) is 5.36. The second-order valence-corrected chi connectivity index (χ2v) is 10.8. The van der Waals surface area contributed by atoms with Crippen LogP contribution in [-0.4, -0.2) is 17.0 Å². The third-order valence-corrected chi connectivity index (χ3v) is 8.35. The van der Waals surface area contributed by atoms with Crippen molar-refractivity contribution in [2.45, 2.75) is 43.9 Å². The molecule has 0 spiro atoms. The van der Waals surface area contributed by atoms with Crippen molar-refractivity contribution >= 4 is 28.9 Å². The first-order chi connectivity index (χ1) is 17.0. The zero-order chi connectivity index (χ0) is 24.0. The minimum Gasteiger partial charge on any atom is -0.478 e. The number of carbonyl (C=O) groups excluding carboxylic acids is 1. The summed E-state index contributed by atoms with van der Waals surface area (Å²) in [5.74, 6) is 1.53. The normalized spacial score (nSPS) is 26.3. The summed E-state index contributed by atoms with van der Waals surface area (Å²) in [6.45, 7) is 0. The van der Waals surface area contributed by atoms with Gasteiger partial charge in [-0.3, -0.25) is 4.79 Å². The fourth-order valence-corrected chi connectivity index (χ4v) is 7.25. The monoisotopic (exact) mass is 466 g/mol. The Balaban J connectivity index is 1.16. The van der Waals surface area contributed by atoms with Gasteiger partial charge in [-0.1, -0.05) is 30.3 Å². The molecule has 0 aliphatic heterocycles. The van der Waals surface area contributed by atoms with Crippen LogP contribution in [0.3, 0.4) is 0 Å². The topological polar surface area (TPSA) is 78.4 Å². The van der Waals surface area contributed by atoms with E-state index in [2.05, 4.69) is 22.8 Å². The molecule has 4 saturated carbocycles. The van der Waals surface area contributed by atoms with Gasteiger partial charge in [0.15, 0.2) is 0 Å². The average molecular weight is 467 g/mol. The molecule has 0 atom stereocenters. The van der Waals surface area contributed by atoms with Crippen molar-refractivity contribution < 1.29 is 14.7 Å². The summed E-state index contributed by atoms with van der Waals surface area (Å²) in [5, 5.41) is 15.6. The molecule has 178 valence electrons. The maximum absolute atomic E-state index is 13.0. The highest BCUT2D eigenvalue weighted by atomic mass is 16.4. The Bertz CT molecular complexity index is 1250. The van der Waals surface area contributed by atoms with Gasteiger partial charge in [-0.15, -0.1) is 0 Å². The average Bonchev–Trinajstić information content (AvgIpc) is 2.84. The van der Waals surface area contributed by atoms with Gasteiger partial charge in [0.2, 0.25) is 0 Å². The Morgan fingerprint density at radius 1 is 0.771 bits per heavy atom. The Morgan fingerprint density at radius 2 is 1.43 bits per heavy atom. The molecule has 4 fully saturated rings. The van der Waals surface area contributed by atoms with E-state index in [1.165, 1.54) is 44.1 Å². The number of para-hydroxylation sites is 1. The summed E-state index contributed by atoms with van der Waals surface area (Å²) < 4.78 is 0. The number of hydrogen-bond acceptors (Lipinski definition) is 3. The van der Waals surface area contributed by atoms with Crippen molar-refractivity contribution in [1.29, 1.82) is 0 Å². The lowest BCUT2D eigenvalue weighted by Gasteiger charge is -2.57. The summed E-state index contributed by atoms with van der Waals surface area (Å²) >= 11 is 0. The zero-order valence-electron chi connectivity index (χ0n) is 19.7. The number of carboxylic acids is 1. The summed E-state index contributed by atoms with van der Waals surface area (Å²) in [7, 11) is 0. The molecule has 7 rings (SSSR count). The van der Waals surface area contributed by atoms with Crippen LogP contribution in [0, 0.1) is 17.8 Å². The van der Waals surface area contributed by atoms with E-state index in [1.807, 2.05) is 18.2 Å². The van der Waals surface area contributed by atoms with E-state index in [9.17, 15) is 14.7 Å². The molecule has 0 saturated heterocycles. The minimum absolute atomic E-state index is 0.182. The highest BCUT2D eigenvalue weighted by molar-refractivity contribution is 6.05. The first-order valence-electron chi connectivity index (χ1n) is 12.6. The predicted molar refractivity (Wildman–Crippen MR) is 137 cm³/mol. The van der Waals surface area contributed by atoms with Gasteiger partial charge >= 0.3 is 5.97 Å². The van der Waals surface area contributed by atoms with Crippen LogP contribution in [0.4, 0.5) is 17.1 Å². The molecule has 4 aliphatic rings. The van der Waals surface area contributed by atoms with Crippen molar-refractivity contribution in [2.24, 2.45) is 17.8 Å². The molecule has 4 aliphatic carbocycles. The number of nitrogens with one attached hydrogen (secondary N) is 2. The van der Waals surface area contributed by atoms with Gasteiger partial charge in [-0.05, 0) is 110 Å². The third kappa shape index (κ3) is 4.20. The molecule has 35 heavy (non-hydrogen) atoms.